The molecule has 3 heterocycles. The van der Waals surface area contributed by atoms with Crippen LogP contribution in [0, 0.1) is 5.82 Å². The number of carbonyl (C=O) groups is 1. The Labute approximate surface area is 190 Å². The van der Waals surface area contributed by atoms with E-state index in [-0.39, 0.29) is 11.6 Å². The van der Waals surface area contributed by atoms with E-state index < -0.39 is 35.9 Å². The third kappa shape index (κ3) is 4.60. The van der Waals surface area contributed by atoms with E-state index in [1.807, 2.05) is 24.1 Å². The smallest absolute Gasteiger partial charge is 0.298 e. The molecule has 3 aliphatic heterocycles. The standard InChI is InChI=1S/C24H26F3N3O3/c1-14-11-30-12-17(16-6-8-33-9-7-16)10-19(22(30)28-14)23(32)29-15(2)18-4-3-5-20(21(18)25)24(26,27)13-31/h3-6,10,12,14-15,31H,7-9,11,13H2,1-2H3,(H,29,32)/t14-,15-/m1/s1. The van der Waals surface area contributed by atoms with Crippen LogP contribution in [0.1, 0.15) is 37.4 Å². The minimum atomic E-state index is -3.72. The van der Waals surface area contributed by atoms with Gasteiger partial charge in [0.05, 0.1) is 36.4 Å². The van der Waals surface area contributed by atoms with Gasteiger partial charge in [-0.05, 0) is 43.6 Å². The Balaban J connectivity index is 1.61. The van der Waals surface area contributed by atoms with E-state index in [0.717, 1.165) is 23.6 Å². The lowest BCUT2D eigenvalue weighted by atomic mass is 9.96. The number of hydrogen-bond donors (Lipinski definition) is 2. The number of rotatable bonds is 6. The van der Waals surface area contributed by atoms with Gasteiger partial charge in [-0.1, -0.05) is 18.2 Å². The van der Waals surface area contributed by atoms with Gasteiger partial charge in [0, 0.05) is 18.3 Å². The number of nitrogens with one attached hydrogen (secondary N) is 1. The van der Waals surface area contributed by atoms with Gasteiger partial charge < -0.3 is 20.1 Å². The molecule has 1 aromatic rings. The third-order valence-corrected chi connectivity index (χ3v) is 5.93. The number of halogens is 3. The monoisotopic (exact) mass is 461 g/mol. The molecule has 33 heavy (non-hydrogen) atoms. The summed E-state index contributed by atoms with van der Waals surface area (Å²) in [5.41, 5.74) is 1.31. The number of fused-ring (bicyclic) bond motifs is 1. The molecular formula is C24H26F3N3O3. The molecule has 0 aliphatic carbocycles. The first-order valence-corrected chi connectivity index (χ1v) is 10.8. The second kappa shape index (κ2) is 9.15. The van der Waals surface area contributed by atoms with E-state index in [4.69, 9.17) is 9.84 Å². The highest BCUT2D eigenvalue weighted by molar-refractivity contribution is 6.22. The first-order valence-electron chi connectivity index (χ1n) is 10.8. The molecule has 0 aromatic heterocycles. The van der Waals surface area contributed by atoms with Gasteiger partial charge in [-0.3, -0.25) is 9.79 Å². The predicted octanol–water partition coefficient (Wildman–Crippen LogP) is 3.36. The van der Waals surface area contributed by atoms with Crippen molar-refractivity contribution < 1.29 is 27.8 Å². The lowest BCUT2D eigenvalue weighted by molar-refractivity contribution is -0.117. The van der Waals surface area contributed by atoms with Crippen molar-refractivity contribution in [2.24, 2.45) is 4.99 Å². The second-order valence-corrected chi connectivity index (χ2v) is 8.42. The van der Waals surface area contributed by atoms with Crippen molar-refractivity contribution in [1.29, 1.82) is 0 Å². The number of hydrogen-bond acceptors (Lipinski definition) is 5. The minimum Gasteiger partial charge on any atom is -0.390 e. The molecule has 1 aromatic carbocycles. The van der Waals surface area contributed by atoms with E-state index in [1.165, 1.54) is 19.1 Å². The summed E-state index contributed by atoms with van der Waals surface area (Å²) >= 11 is 0. The quantitative estimate of drug-likeness (QED) is 0.682. The van der Waals surface area contributed by atoms with Crippen LogP contribution in [0.25, 0.3) is 0 Å². The van der Waals surface area contributed by atoms with Crippen molar-refractivity contribution in [2.45, 2.75) is 38.3 Å². The van der Waals surface area contributed by atoms with Crippen molar-refractivity contribution in [2.75, 3.05) is 26.4 Å². The summed E-state index contributed by atoms with van der Waals surface area (Å²) in [6.07, 6.45) is 6.44. The summed E-state index contributed by atoms with van der Waals surface area (Å²) in [4.78, 5) is 19.7. The maximum Gasteiger partial charge on any atom is 0.298 e. The molecule has 6 nitrogen and oxygen atoms in total. The Morgan fingerprint density at radius 3 is 2.91 bits per heavy atom. The van der Waals surface area contributed by atoms with E-state index in [0.29, 0.717) is 31.2 Å². The summed E-state index contributed by atoms with van der Waals surface area (Å²) in [5, 5.41) is 11.6. The molecule has 0 fully saturated rings. The number of ether oxygens (including phenoxy) is 1. The third-order valence-electron chi connectivity index (χ3n) is 5.93. The molecule has 4 rings (SSSR count). The highest BCUT2D eigenvalue weighted by atomic mass is 19.3. The normalized spacial score (nSPS) is 21.5. The van der Waals surface area contributed by atoms with Crippen LogP contribution >= 0.6 is 0 Å². The number of carbonyl (C=O) groups excluding carboxylic acids is 1. The van der Waals surface area contributed by atoms with Crippen molar-refractivity contribution >= 4 is 11.7 Å². The van der Waals surface area contributed by atoms with Crippen LogP contribution in [0.15, 0.2) is 58.3 Å². The van der Waals surface area contributed by atoms with Crippen LogP contribution in [-0.2, 0) is 15.5 Å². The Morgan fingerprint density at radius 2 is 2.21 bits per heavy atom. The second-order valence-electron chi connectivity index (χ2n) is 8.42. The van der Waals surface area contributed by atoms with Crippen molar-refractivity contribution in [3.63, 3.8) is 0 Å². The molecular weight excluding hydrogens is 435 g/mol. The van der Waals surface area contributed by atoms with Crippen LogP contribution in [0.2, 0.25) is 0 Å². The van der Waals surface area contributed by atoms with Crippen LogP contribution < -0.4 is 5.32 Å². The van der Waals surface area contributed by atoms with E-state index in [2.05, 4.69) is 10.3 Å². The average molecular weight is 461 g/mol. The van der Waals surface area contributed by atoms with Gasteiger partial charge in [0.15, 0.2) is 0 Å². The number of allylic oxidation sites excluding steroid dienone is 2. The molecule has 0 saturated carbocycles. The molecule has 2 N–H and O–H groups in total. The van der Waals surface area contributed by atoms with Crippen LogP contribution in [-0.4, -0.2) is 54.2 Å². The molecule has 0 spiro atoms. The lowest BCUT2D eigenvalue weighted by Crippen LogP contribution is -2.37. The van der Waals surface area contributed by atoms with E-state index >= 15 is 0 Å². The summed E-state index contributed by atoms with van der Waals surface area (Å²) in [7, 11) is 0. The molecule has 2 atom stereocenters. The summed E-state index contributed by atoms with van der Waals surface area (Å²) in [5.74, 6) is -4.81. The highest BCUT2D eigenvalue weighted by Crippen LogP contribution is 2.33. The zero-order valence-electron chi connectivity index (χ0n) is 18.4. The predicted molar refractivity (Wildman–Crippen MR) is 117 cm³/mol. The van der Waals surface area contributed by atoms with Crippen LogP contribution in [0.3, 0.4) is 0 Å². The van der Waals surface area contributed by atoms with Gasteiger partial charge in [-0.15, -0.1) is 0 Å². The van der Waals surface area contributed by atoms with Gasteiger partial charge in [-0.25, -0.2) is 4.39 Å². The average Bonchev–Trinajstić information content (AvgIpc) is 3.18. The first-order chi connectivity index (χ1) is 15.7. The van der Waals surface area contributed by atoms with E-state index in [1.54, 1.807) is 6.08 Å². The van der Waals surface area contributed by atoms with Gasteiger partial charge in [0.25, 0.3) is 11.8 Å². The maximum atomic E-state index is 14.9. The van der Waals surface area contributed by atoms with Gasteiger partial charge in [-0.2, -0.15) is 8.78 Å². The largest absolute Gasteiger partial charge is 0.390 e. The molecule has 0 bridgehead atoms. The zero-order valence-corrected chi connectivity index (χ0v) is 18.4. The van der Waals surface area contributed by atoms with Gasteiger partial charge in [0.2, 0.25) is 0 Å². The number of amidine groups is 1. The summed E-state index contributed by atoms with van der Waals surface area (Å²) in [6, 6.07) is 2.66. The number of nitrogens with zero attached hydrogens (tertiary/aromatic N) is 2. The fourth-order valence-electron chi connectivity index (χ4n) is 4.19. The number of alkyl halides is 2. The molecule has 3 aliphatic rings. The molecule has 176 valence electrons. The lowest BCUT2D eigenvalue weighted by Gasteiger charge is -2.27. The molecule has 1 amide bonds. The highest BCUT2D eigenvalue weighted by Gasteiger charge is 2.36. The van der Waals surface area contributed by atoms with Gasteiger partial charge in [0.1, 0.15) is 18.3 Å². The molecule has 0 radical (unpaired) electrons. The number of benzene rings is 1. The van der Waals surface area contributed by atoms with E-state index in [9.17, 15) is 18.0 Å². The topological polar surface area (TPSA) is 74.2 Å². The zero-order chi connectivity index (χ0) is 23.8. The number of amides is 1. The number of aliphatic hydroxyl groups excluding tert-OH is 1. The Hall–Kier alpha value is -2.91. The fourth-order valence-corrected chi connectivity index (χ4v) is 4.19. The minimum absolute atomic E-state index is 0.00253. The van der Waals surface area contributed by atoms with Crippen LogP contribution in [0.4, 0.5) is 13.2 Å². The van der Waals surface area contributed by atoms with Crippen molar-refractivity contribution in [3.8, 4) is 0 Å². The molecule has 0 unspecified atom stereocenters. The van der Waals surface area contributed by atoms with Crippen molar-refractivity contribution in [3.05, 3.63) is 70.2 Å². The Bertz CT molecular complexity index is 1080. The Morgan fingerprint density at radius 1 is 1.42 bits per heavy atom. The molecule has 0 saturated heterocycles. The van der Waals surface area contributed by atoms with Crippen LogP contribution in [0.5, 0.6) is 0 Å². The Kier molecular flexibility index (Phi) is 6.45. The molecule has 9 heteroatoms. The maximum absolute atomic E-state index is 14.9. The SMILES string of the molecule is C[C@@H]1CN2C=C(C3=CCOCC3)C=C(C(=O)N[C@H](C)c3cccc(C(F)(F)CO)c3F)C2=N1. The summed E-state index contributed by atoms with van der Waals surface area (Å²) in [6.45, 7) is 3.70. The number of aliphatic hydroxyl groups is 1. The number of aliphatic imine (C=N–C) groups is 1. The van der Waals surface area contributed by atoms with Gasteiger partial charge >= 0.3 is 0 Å². The summed E-state index contributed by atoms with van der Waals surface area (Å²) < 4.78 is 48.1. The first kappa shape index (κ1) is 23.3. The fraction of sp³-hybridized carbons (Fsp3) is 0.417. The van der Waals surface area contributed by atoms with Crippen molar-refractivity contribution in [1.82, 2.24) is 10.2 Å².